The molecule has 0 aliphatic heterocycles. The molecule has 1 fully saturated rings. The van der Waals surface area contributed by atoms with Crippen molar-refractivity contribution in [1.29, 1.82) is 0 Å². The Bertz CT molecular complexity index is 251. The predicted molar refractivity (Wildman–Crippen MR) is 77.9 cm³/mol. The number of nitrogens with one attached hydrogen (secondary N) is 1. The van der Waals surface area contributed by atoms with E-state index in [4.69, 9.17) is 10.5 Å². The minimum Gasteiger partial charge on any atom is -0.385 e. The van der Waals surface area contributed by atoms with Crippen LogP contribution in [0.4, 0.5) is 0 Å². The van der Waals surface area contributed by atoms with E-state index in [0.29, 0.717) is 13.0 Å². The van der Waals surface area contributed by atoms with Crippen LogP contribution in [0.15, 0.2) is 0 Å². The maximum Gasteiger partial charge on any atom is 0.220 e. The lowest BCUT2D eigenvalue weighted by atomic mass is 9.71. The Hall–Kier alpha value is -0.610. The molecule has 19 heavy (non-hydrogen) atoms. The summed E-state index contributed by atoms with van der Waals surface area (Å²) in [5, 5.41) is 3.03. The van der Waals surface area contributed by atoms with Crippen LogP contribution in [0.5, 0.6) is 0 Å². The van der Waals surface area contributed by atoms with Gasteiger partial charge in [0.05, 0.1) is 0 Å². The quantitative estimate of drug-likeness (QED) is 0.631. The first-order valence-corrected chi connectivity index (χ1v) is 7.68. The van der Waals surface area contributed by atoms with E-state index in [1.165, 1.54) is 19.3 Å². The molecule has 1 aliphatic rings. The standard InChI is InChI=1S/C15H30N2O2/c1-19-11-7-3-6-10-17-14(18)12-15(13-16)8-4-2-5-9-15/h2-13,16H2,1H3,(H,17,18). The third-order valence-corrected chi connectivity index (χ3v) is 4.23. The van der Waals surface area contributed by atoms with Crippen LogP contribution in [-0.2, 0) is 9.53 Å². The summed E-state index contributed by atoms with van der Waals surface area (Å²) in [5.41, 5.74) is 5.98. The SMILES string of the molecule is COCCCCCNC(=O)CC1(CN)CCCCC1. The highest BCUT2D eigenvalue weighted by Gasteiger charge is 2.32. The van der Waals surface area contributed by atoms with Gasteiger partial charge < -0.3 is 15.8 Å². The van der Waals surface area contributed by atoms with Gasteiger partial charge in [-0.3, -0.25) is 4.79 Å². The van der Waals surface area contributed by atoms with Crippen molar-refractivity contribution in [2.24, 2.45) is 11.1 Å². The van der Waals surface area contributed by atoms with E-state index in [2.05, 4.69) is 5.32 Å². The highest BCUT2D eigenvalue weighted by atomic mass is 16.5. The number of carbonyl (C=O) groups is 1. The fourth-order valence-corrected chi connectivity index (χ4v) is 2.93. The lowest BCUT2D eigenvalue weighted by molar-refractivity contribution is -0.123. The molecule has 0 aromatic carbocycles. The van der Waals surface area contributed by atoms with E-state index in [0.717, 1.165) is 45.3 Å². The molecule has 0 unspecified atom stereocenters. The number of methoxy groups -OCH3 is 1. The first kappa shape index (κ1) is 16.4. The van der Waals surface area contributed by atoms with Gasteiger partial charge in [0, 0.05) is 26.7 Å². The molecule has 1 rings (SSSR count). The van der Waals surface area contributed by atoms with Crippen LogP contribution in [0.25, 0.3) is 0 Å². The molecule has 1 aliphatic carbocycles. The molecule has 0 spiro atoms. The van der Waals surface area contributed by atoms with Crippen LogP contribution in [-0.4, -0.2) is 32.7 Å². The molecule has 0 bridgehead atoms. The molecule has 0 heterocycles. The zero-order valence-electron chi connectivity index (χ0n) is 12.4. The van der Waals surface area contributed by atoms with Crippen molar-refractivity contribution in [3.63, 3.8) is 0 Å². The van der Waals surface area contributed by atoms with E-state index in [1.807, 2.05) is 0 Å². The van der Waals surface area contributed by atoms with Gasteiger partial charge in [-0.2, -0.15) is 0 Å². The summed E-state index contributed by atoms with van der Waals surface area (Å²) >= 11 is 0. The van der Waals surface area contributed by atoms with E-state index < -0.39 is 0 Å². The van der Waals surface area contributed by atoms with Gasteiger partial charge in [0.2, 0.25) is 5.91 Å². The summed E-state index contributed by atoms with van der Waals surface area (Å²) in [7, 11) is 1.72. The molecule has 0 aromatic rings. The monoisotopic (exact) mass is 270 g/mol. The number of nitrogens with two attached hydrogens (primary N) is 1. The molecule has 0 radical (unpaired) electrons. The van der Waals surface area contributed by atoms with Gasteiger partial charge in [0.1, 0.15) is 0 Å². The first-order valence-electron chi connectivity index (χ1n) is 7.68. The van der Waals surface area contributed by atoms with Gasteiger partial charge in [-0.1, -0.05) is 19.3 Å². The molecule has 1 amide bonds. The van der Waals surface area contributed by atoms with Crippen molar-refractivity contribution in [2.45, 2.75) is 57.8 Å². The van der Waals surface area contributed by atoms with Crippen LogP contribution in [0, 0.1) is 5.41 Å². The van der Waals surface area contributed by atoms with Crippen LogP contribution >= 0.6 is 0 Å². The largest absolute Gasteiger partial charge is 0.385 e. The second kappa shape index (κ2) is 9.32. The normalized spacial score (nSPS) is 18.2. The molecule has 0 atom stereocenters. The zero-order chi connectivity index (χ0) is 14.0. The molecule has 1 saturated carbocycles. The summed E-state index contributed by atoms with van der Waals surface area (Å²) in [6.45, 7) is 2.24. The molecule has 3 N–H and O–H groups in total. The molecular weight excluding hydrogens is 240 g/mol. The average Bonchev–Trinajstić information content (AvgIpc) is 2.43. The van der Waals surface area contributed by atoms with Crippen LogP contribution in [0.3, 0.4) is 0 Å². The van der Waals surface area contributed by atoms with Crippen molar-refractivity contribution in [1.82, 2.24) is 5.32 Å². The molecule has 4 nitrogen and oxygen atoms in total. The highest BCUT2D eigenvalue weighted by Crippen LogP contribution is 2.38. The summed E-state index contributed by atoms with van der Waals surface area (Å²) in [4.78, 5) is 12.0. The molecule has 4 heteroatoms. The number of hydrogen-bond donors (Lipinski definition) is 2. The highest BCUT2D eigenvalue weighted by molar-refractivity contribution is 5.76. The number of hydrogen-bond acceptors (Lipinski definition) is 3. The van der Waals surface area contributed by atoms with Crippen LogP contribution < -0.4 is 11.1 Å². The summed E-state index contributed by atoms with van der Waals surface area (Å²) in [6.07, 6.45) is 9.79. The van der Waals surface area contributed by atoms with Crippen LogP contribution in [0.2, 0.25) is 0 Å². The van der Waals surface area contributed by atoms with E-state index in [-0.39, 0.29) is 11.3 Å². The number of rotatable bonds is 9. The van der Waals surface area contributed by atoms with Gasteiger partial charge in [0.15, 0.2) is 0 Å². The minimum absolute atomic E-state index is 0.0817. The Labute approximate surface area is 117 Å². The number of carbonyl (C=O) groups excluding carboxylic acids is 1. The predicted octanol–water partition coefficient (Wildman–Crippen LogP) is 2.22. The Balaban J connectivity index is 2.15. The summed E-state index contributed by atoms with van der Waals surface area (Å²) in [6, 6.07) is 0. The molecule has 0 aromatic heterocycles. The number of ether oxygens (including phenoxy) is 1. The maximum absolute atomic E-state index is 12.0. The van der Waals surface area contributed by atoms with E-state index in [1.54, 1.807) is 7.11 Å². The third kappa shape index (κ3) is 6.39. The lowest BCUT2D eigenvalue weighted by Crippen LogP contribution is -2.38. The minimum atomic E-state index is 0.0817. The smallest absolute Gasteiger partial charge is 0.220 e. The Kier molecular flexibility index (Phi) is 8.07. The van der Waals surface area contributed by atoms with Gasteiger partial charge in [-0.15, -0.1) is 0 Å². The van der Waals surface area contributed by atoms with Crippen molar-refractivity contribution < 1.29 is 9.53 Å². The first-order chi connectivity index (χ1) is 9.22. The lowest BCUT2D eigenvalue weighted by Gasteiger charge is -2.35. The fourth-order valence-electron chi connectivity index (χ4n) is 2.93. The number of unbranched alkanes of at least 4 members (excludes halogenated alkanes) is 2. The second-order valence-electron chi connectivity index (χ2n) is 5.84. The van der Waals surface area contributed by atoms with Crippen molar-refractivity contribution in [2.75, 3.05) is 26.8 Å². The van der Waals surface area contributed by atoms with Crippen LogP contribution in [0.1, 0.15) is 57.8 Å². The second-order valence-corrected chi connectivity index (χ2v) is 5.84. The Morgan fingerprint density at radius 1 is 1.21 bits per heavy atom. The third-order valence-electron chi connectivity index (χ3n) is 4.23. The summed E-state index contributed by atoms with van der Waals surface area (Å²) < 4.78 is 5.00. The fraction of sp³-hybridized carbons (Fsp3) is 0.933. The van der Waals surface area contributed by atoms with Gasteiger partial charge in [-0.05, 0) is 44.1 Å². The zero-order valence-corrected chi connectivity index (χ0v) is 12.4. The van der Waals surface area contributed by atoms with Crippen molar-refractivity contribution in [3.05, 3.63) is 0 Å². The molecule has 0 saturated heterocycles. The topological polar surface area (TPSA) is 64.3 Å². The average molecular weight is 270 g/mol. The van der Waals surface area contributed by atoms with Crippen molar-refractivity contribution in [3.8, 4) is 0 Å². The molecule has 112 valence electrons. The maximum atomic E-state index is 12.0. The number of amides is 1. The van der Waals surface area contributed by atoms with Gasteiger partial charge >= 0.3 is 0 Å². The Morgan fingerprint density at radius 3 is 2.58 bits per heavy atom. The molecular formula is C15H30N2O2. The van der Waals surface area contributed by atoms with E-state index >= 15 is 0 Å². The van der Waals surface area contributed by atoms with E-state index in [9.17, 15) is 4.79 Å². The summed E-state index contributed by atoms with van der Waals surface area (Å²) in [5.74, 6) is 0.180. The Morgan fingerprint density at radius 2 is 1.95 bits per heavy atom. The van der Waals surface area contributed by atoms with Gasteiger partial charge in [0.25, 0.3) is 0 Å². The van der Waals surface area contributed by atoms with Crippen molar-refractivity contribution >= 4 is 5.91 Å². The van der Waals surface area contributed by atoms with Gasteiger partial charge in [-0.25, -0.2) is 0 Å².